The van der Waals surface area contributed by atoms with Crippen LogP contribution in [0.5, 0.6) is 0 Å². The van der Waals surface area contributed by atoms with Crippen molar-refractivity contribution in [3.8, 4) is 0 Å². The maximum atomic E-state index is 11.9. The van der Waals surface area contributed by atoms with Crippen LogP contribution in [0.2, 0.25) is 0 Å². The molecule has 0 radical (unpaired) electrons. The summed E-state index contributed by atoms with van der Waals surface area (Å²) in [4.78, 5) is 25.1. The molecule has 19 heavy (non-hydrogen) atoms. The Bertz CT molecular complexity index is 539. The van der Waals surface area contributed by atoms with Gasteiger partial charge in [-0.15, -0.1) is 0 Å². The Morgan fingerprint density at radius 1 is 1.42 bits per heavy atom. The third kappa shape index (κ3) is 2.26. The molecule has 1 heterocycles. The van der Waals surface area contributed by atoms with Crippen LogP contribution in [-0.4, -0.2) is 30.6 Å². The number of hydrogen-bond acceptors (Lipinski definition) is 3. The molecule has 4 N–H and O–H groups in total. The van der Waals surface area contributed by atoms with Gasteiger partial charge >= 0.3 is 6.03 Å². The Labute approximate surface area is 110 Å². The molecule has 6 nitrogen and oxygen atoms in total. The summed E-state index contributed by atoms with van der Waals surface area (Å²) >= 11 is 0. The molecule has 0 atom stereocenters. The number of nitrogens with one attached hydrogen (secondary N) is 2. The molecule has 0 unspecified atom stereocenters. The van der Waals surface area contributed by atoms with E-state index in [9.17, 15) is 9.59 Å². The van der Waals surface area contributed by atoms with Crippen LogP contribution in [0.3, 0.4) is 0 Å². The summed E-state index contributed by atoms with van der Waals surface area (Å²) in [7, 11) is 0. The Morgan fingerprint density at radius 3 is 2.84 bits per heavy atom. The van der Waals surface area contributed by atoms with Crippen LogP contribution < -0.4 is 21.3 Å². The van der Waals surface area contributed by atoms with E-state index in [2.05, 4.69) is 10.6 Å². The number of rotatable bonds is 3. The second-order valence-corrected chi connectivity index (χ2v) is 5.04. The standard InChI is InChI=1S/C13H16N4O2/c14-13(4-5-13)11(18)16-9-2-1-3-10(8-9)17-7-6-15-12(17)19/h1-3,8H,4-7,14H2,(H,15,19)(H,16,18). The first-order chi connectivity index (χ1) is 9.08. The number of amides is 3. The summed E-state index contributed by atoms with van der Waals surface area (Å²) in [5, 5.41) is 5.54. The fourth-order valence-corrected chi connectivity index (χ4v) is 2.09. The predicted molar refractivity (Wildman–Crippen MR) is 72.0 cm³/mol. The zero-order valence-electron chi connectivity index (χ0n) is 10.5. The minimum Gasteiger partial charge on any atom is -0.336 e. The van der Waals surface area contributed by atoms with Gasteiger partial charge in [0.05, 0.1) is 5.54 Å². The monoisotopic (exact) mass is 260 g/mol. The third-order valence-electron chi connectivity index (χ3n) is 3.51. The zero-order chi connectivity index (χ0) is 13.5. The van der Waals surface area contributed by atoms with E-state index in [4.69, 9.17) is 5.73 Å². The summed E-state index contributed by atoms with van der Waals surface area (Å²) in [5.41, 5.74) is 6.58. The van der Waals surface area contributed by atoms with Crippen LogP contribution >= 0.6 is 0 Å². The topological polar surface area (TPSA) is 87.5 Å². The van der Waals surface area contributed by atoms with Gasteiger partial charge in [-0.2, -0.15) is 0 Å². The molecule has 1 aromatic rings. The molecule has 1 aromatic carbocycles. The lowest BCUT2D eigenvalue weighted by atomic mass is 10.2. The number of nitrogens with two attached hydrogens (primary N) is 1. The molecular weight excluding hydrogens is 244 g/mol. The maximum absolute atomic E-state index is 11.9. The highest BCUT2D eigenvalue weighted by molar-refractivity contribution is 6.01. The van der Waals surface area contributed by atoms with E-state index in [0.717, 1.165) is 18.5 Å². The fraction of sp³-hybridized carbons (Fsp3) is 0.385. The average Bonchev–Trinajstić information content (AvgIpc) is 3.00. The Kier molecular flexibility index (Phi) is 2.67. The van der Waals surface area contributed by atoms with E-state index in [0.29, 0.717) is 18.8 Å². The van der Waals surface area contributed by atoms with Crippen molar-refractivity contribution in [2.45, 2.75) is 18.4 Å². The van der Waals surface area contributed by atoms with E-state index < -0.39 is 5.54 Å². The van der Waals surface area contributed by atoms with Crippen molar-refractivity contribution in [3.05, 3.63) is 24.3 Å². The molecule has 2 aliphatic rings. The largest absolute Gasteiger partial charge is 0.336 e. The minimum atomic E-state index is -0.693. The molecule has 100 valence electrons. The number of carbonyl (C=O) groups excluding carboxylic acids is 2. The van der Waals surface area contributed by atoms with Crippen LogP contribution in [-0.2, 0) is 4.79 Å². The quantitative estimate of drug-likeness (QED) is 0.745. The highest BCUT2D eigenvalue weighted by atomic mass is 16.2. The number of benzene rings is 1. The van der Waals surface area contributed by atoms with Crippen LogP contribution in [0, 0.1) is 0 Å². The first-order valence-electron chi connectivity index (χ1n) is 6.34. The molecule has 0 bridgehead atoms. The first-order valence-corrected chi connectivity index (χ1v) is 6.34. The van der Waals surface area contributed by atoms with Gasteiger partial charge in [-0.3, -0.25) is 9.69 Å². The number of anilines is 2. The highest BCUT2D eigenvalue weighted by Gasteiger charge is 2.45. The summed E-state index contributed by atoms with van der Waals surface area (Å²) in [5.74, 6) is -0.157. The SMILES string of the molecule is NC1(C(=O)Nc2cccc(N3CCNC3=O)c2)CC1. The molecule has 3 amide bonds. The maximum Gasteiger partial charge on any atom is 0.321 e. The lowest BCUT2D eigenvalue weighted by Gasteiger charge is -2.16. The first kappa shape index (κ1) is 12.0. The second kappa shape index (κ2) is 4.24. The van der Waals surface area contributed by atoms with Gasteiger partial charge in [-0.1, -0.05) is 6.07 Å². The summed E-state index contributed by atoms with van der Waals surface area (Å²) < 4.78 is 0. The van der Waals surface area contributed by atoms with Gasteiger partial charge in [-0.25, -0.2) is 4.79 Å². The molecule has 1 saturated heterocycles. The molecular formula is C13H16N4O2. The molecule has 1 aliphatic heterocycles. The van der Waals surface area contributed by atoms with Gasteiger partial charge in [0.1, 0.15) is 0 Å². The third-order valence-corrected chi connectivity index (χ3v) is 3.51. The smallest absolute Gasteiger partial charge is 0.321 e. The molecule has 0 spiro atoms. The summed E-state index contributed by atoms with van der Waals surface area (Å²) in [6, 6.07) is 7.12. The van der Waals surface area contributed by atoms with Gasteiger partial charge in [-0.05, 0) is 31.0 Å². The van der Waals surface area contributed by atoms with E-state index in [1.165, 1.54) is 0 Å². The lowest BCUT2D eigenvalue weighted by Crippen LogP contribution is -2.37. The van der Waals surface area contributed by atoms with E-state index in [-0.39, 0.29) is 11.9 Å². The van der Waals surface area contributed by atoms with E-state index >= 15 is 0 Å². The fourth-order valence-electron chi connectivity index (χ4n) is 2.09. The van der Waals surface area contributed by atoms with Gasteiger partial charge in [0.25, 0.3) is 0 Å². The summed E-state index contributed by atoms with van der Waals surface area (Å²) in [6.07, 6.45) is 1.46. The molecule has 2 fully saturated rings. The molecule has 6 heteroatoms. The van der Waals surface area contributed by atoms with Crippen LogP contribution in [0.1, 0.15) is 12.8 Å². The Balaban J connectivity index is 1.76. The van der Waals surface area contributed by atoms with Crippen molar-refractivity contribution in [2.75, 3.05) is 23.3 Å². The van der Waals surface area contributed by atoms with Gasteiger partial charge in [0.15, 0.2) is 0 Å². The van der Waals surface area contributed by atoms with Gasteiger partial charge < -0.3 is 16.4 Å². The molecule has 1 saturated carbocycles. The van der Waals surface area contributed by atoms with E-state index in [1.54, 1.807) is 17.0 Å². The van der Waals surface area contributed by atoms with Crippen molar-refractivity contribution in [1.29, 1.82) is 0 Å². The predicted octanol–water partition coefficient (Wildman–Crippen LogP) is 0.646. The van der Waals surface area contributed by atoms with Crippen molar-refractivity contribution in [2.24, 2.45) is 5.73 Å². The minimum absolute atomic E-state index is 0.110. The summed E-state index contributed by atoms with van der Waals surface area (Å²) in [6.45, 7) is 1.28. The van der Waals surface area contributed by atoms with Crippen LogP contribution in [0.4, 0.5) is 16.2 Å². The second-order valence-electron chi connectivity index (χ2n) is 5.04. The zero-order valence-corrected chi connectivity index (χ0v) is 10.5. The number of carbonyl (C=O) groups is 2. The van der Waals surface area contributed by atoms with Crippen LogP contribution in [0.25, 0.3) is 0 Å². The van der Waals surface area contributed by atoms with Crippen molar-refractivity contribution in [1.82, 2.24) is 5.32 Å². The molecule has 1 aliphatic carbocycles. The van der Waals surface area contributed by atoms with Crippen molar-refractivity contribution in [3.63, 3.8) is 0 Å². The van der Waals surface area contributed by atoms with Crippen molar-refractivity contribution >= 4 is 23.3 Å². The normalized spacial score (nSPS) is 20.1. The van der Waals surface area contributed by atoms with E-state index in [1.807, 2.05) is 12.1 Å². The van der Waals surface area contributed by atoms with Gasteiger partial charge in [0, 0.05) is 24.5 Å². The Hall–Kier alpha value is -2.08. The van der Waals surface area contributed by atoms with Gasteiger partial charge in [0.2, 0.25) is 5.91 Å². The Morgan fingerprint density at radius 2 is 2.21 bits per heavy atom. The molecule has 0 aromatic heterocycles. The van der Waals surface area contributed by atoms with Crippen LogP contribution in [0.15, 0.2) is 24.3 Å². The average molecular weight is 260 g/mol. The number of hydrogen-bond donors (Lipinski definition) is 3. The van der Waals surface area contributed by atoms with Crippen molar-refractivity contribution < 1.29 is 9.59 Å². The number of urea groups is 1. The lowest BCUT2D eigenvalue weighted by molar-refractivity contribution is -0.118. The number of nitrogens with zero attached hydrogens (tertiary/aromatic N) is 1. The molecule has 3 rings (SSSR count). The highest BCUT2D eigenvalue weighted by Crippen LogP contribution is 2.33.